The van der Waals surface area contributed by atoms with Crippen LogP contribution >= 0.6 is 0 Å². The summed E-state index contributed by atoms with van der Waals surface area (Å²) in [6.07, 6.45) is 3.64. The zero-order valence-electron chi connectivity index (χ0n) is 14.8. The maximum atomic E-state index is 11.8. The van der Waals surface area contributed by atoms with Crippen molar-refractivity contribution in [3.8, 4) is 5.75 Å². The molecular formula is C19H28O5. The summed E-state index contributed by atoms with van der Waals surface area (Å²) >= 11 is 0. The van der Waals surface area contributed by atoms with Gasteiger partial charge in [0.25, 0.3) is 0 Å². The van der Waals surface area contributed by atoms with E-state index >= 15 is 0 Å². The van der Waals surface area contributed by atoms with E-state index in [0.29, 0.717) is 13.2 Å². The first kappa shape index (κ1) is 18.7. The van der Waals surface area contributed by atoms with Crippen LogP contribution in [0.4, 0.5) is 0 Å². The number of carbonyl (C=O) groups excluding carboxylic acids is 1. The highest BCUT2D eigenvalue weighted by Crippen LogP contribution is 2.29. The minimum atomic E-state index is -0.168. The van der Waals surface area contributed by atoms with Gasteiger partial charge in [-0.3, -0.25) is 4.79 Å². The molecule has 1 fully saturated rings. The van der Waals surface area contributed by atoms with Crippen molar-refractivity contribution in [3.63, 3.8) is 0 Å². The fourth-order valence-electron chi connectivity index (χ4n) is 3.10. The lowest BCUT2D eigenvalue weighted by Gasteiger charge is -2.20. The molecule has 1 aromatic rings. The molecule has 2 rings (SSSR count). The lowest BCUT2D eigenvalue weighted by Crippen LogP contribution is -2.29. The normalized spacial score (nSPS) is 21.5. The van der Waals surface area contributed by atoms with Crippen LogP contribution in [0.15, 0.2) is 24.3 Å². The molecule has 1 heterocycles. The SMILES string of the molecule is CC[C@H](C(=O)OC)[C@H]1CC[C@@H](CCOCc2ccc(OC)cc2)O1. The van der Waals surface area contributed by atoms with E-state index in [-0.39, 0.29) is 24.1 Å². The van der Waals surface area contributed by atoms with Gasteiger partial charge in [0.15, 0.2) is 0 Å². The fraction of sp³-hybridized carbons (Fsp3) is 0.632. The van der Waals surface area contributed by atoms with E-state index in [2.05, 4.69) is 0 Å². The molecule has 0 N–H and O–H groups in total. The van der Waals surface area contributed by atoms with Crippen LogP contribution in [0.3, 0.4) is 0 Å². The molecule has 1 aliphatic heterocycles. The molecular weight excluding hydrogens is 308 g/mol. The molecule has 5 heteroatoms. The van der Waals surface area contributed by atoms with Gasteiger partial charge in [-0.25, -0.2) is 0 Å². The molecule has 1 saturated heterocycles. The van der Waals surface area contributed by atoms with Gasteiger partial charge < -0.3 is 18.9 Å². The Balaban J connectivity index is 1.67. The highest BCUT2D eigenvalue weighted by molar-refractivity contribution is 5.72. The summed E-state index contributed by atoms with van der Waals surface area (Å²) < 4.78 is 21.8. The maximum absolute atomic E-state index is 11.8. The number of carbonyl (C=O) groups is 1. The minimum absolute atomic E-state index is 0.0194. The first-order valence-corrected chi connectivity index (χ1v) is 8.61. The zero-order valence-corrected chi connectivity index (χ0v) is 14.8. The van der Waals surface area contributed by atoms with Crippen LogP contribution in [0, 0.1) is 5.92 Å². The predicted molar refractivity (Wildman–Crippen MR) is 91.0 cm³/mol. The van der Waals surface area contributed by atoms with Gasteiger partial charge in [-0.15, -0.1) is 0 Å². The Morgan fingerprint density at radius 1 is 1.25 bits per heavy atom. The molecule has 1 aliphatic rings. The Morgan fingerprint density at radius 3 is 2.62 bits per heavy atom. The van der Waals surface area contributed by atoms with Crippen LogP contribution in [0.2, 0.25) is 0 Å². The Hall–Kier alpha value is -1.59. The summed E-state index contributed by atoms with van der Waals surface area (Å²) in [5.41, 5.74) is 1.12. The van der Waals surface area contributed by atoms with Gasteiger partial charge in [0.05, 0.1) is 39.0 Å². The summed E-state index contributed by atoms with van der Waals surface area (Å²) in [7, 11) is 3.09. The van der Waals surface area contributed by atoms with Crippen LogP contribution in [0.25, 0.3) is 0 Å². The average molecular weight is 336 g/mol. The van der Waals surface area contributed by atoms with Gasteiger partial charge in [-0.05, 0) is 43.4 Å². The second-order valence-electron chi connectivity index (χ2n) is 6.10. The van der Waals surface area contributed by atoms with E-state index < -0.39 is 0 Å². The van der Waals surface area contributed by atoms with Gasteiger partial charge in [-0.1, -0.05) is 19.1 Å². The minimum Gasteiger partial charge on any atom is -0.497 e. The van der Waals surface area contributed by atoms with E-state index in [1.807, 2.05) is 31.2 Å². The summed E-state index contributed by atoms with van der Waals surface area (Å²) in [4.78, 5) is 11.8. The predicted octanol–water partition coefficient (Wildman–Crippen LogP) is 3.35. The highest BCUT2D eigenvalue weighted by atomic mass is 16.5. The van der Waals surface area contributed by atoms with Crippen LogP contribution in [0.5, 0.6) is 5.75 Å². The third-order valence-corrected chi connectivity index (χ3v) is 4.54. The van der Waals surface area contributed by atoms with Crippen molar-refractivity contribution < 1.29 is 23.7 Å². The highest BCUT2D eigenvalue weighted by Gasteiger charge is 2.35. The van der Waals surface area contributed by atoms with Crippen LogP contribution in [0.1, 0.15) is 38.2 Å². The van der Waals surface area contributed by atoms with Crippen LogP contribution in [-0.4, -0.2) is 39.0 Å². The number of hydrogen-bond donors (Lipinski definition) is 0. The molecule has 0 aliphatic carbocycles. The molecule has 3 atom stereocenters. The van der Waals surface area contributed by atoms with Gasteiger partial charge in [0.1, 0.15) is 5.75 Å². The molecule has 134 valence electrons. The van der Waals surface area contributed by atoms with E-state index in [1.54, 1.807) is 7.11 Å². The summed E-state index contributed by atoms with van der Waals surface area (Å²) in [5.74, 6) is 0.527. The lowest BCUT2D eigenvalue weighted by atomic mass is 9.97. The molecule has 24 heavy (non-hydrogen) atoms. The number of esters is 1. The standard InChI is InChI=1S/C19H28O5/c1-4-17(19(20)22-3)18-10-9-16(24-18)11-12-23-13-14-5-7-15(21-2)8-6-14/h5-8,16-18H,4,9-13H2,1-3H3/t16-,17-,18+/m0/s1. The Kier molecular flexibility index (Phi) is 7.53. The number of hydrogen-bond acceptors (Lipinski definition) is 5. The first-order chi connectivity index (χ1) is 11.7. The average Bonchev–Trinajstić information content (AvgIpc) is 3.08. The fourth-order valence-corrected chi connectivity index (χ4v) is 3.10. The monoisotopic (exact) mass is 336 g/mol. The second-order valence-corrected chi connectivity index (χ2v) is 6.10. The number of benzene rings is 1. The third-order valence-electron chi connectivity index (χ3n) is 4.54. The van der Waals surface area contributed by atoms with Crippen molar-refractivity contribution >= 4 is 5.97 Å². The van der Waals surface area contributed by atoms with E-state index in [9.17, 15) is 4.79 Å². The van der Waals surface area contributed by atoms with Crippen molar-refractivity contribution in [2.45, 2.75) is 51.4 Å². The van der Waals surface area contributed by atoms with Crippen molar-refractivity contribution in [2.24, 2.45) is 5.92 Å². The van der Waals surface area contributed by atoms with Gasteiger partial charge in [0, 0.05) is 6.61 Å². The van der Waals surface area contributed by atoms with Crippen molar-refractivity contribution in [2.75, 3.05) is 20.8 Å². The largest absolute Gasteiger partial charge is 0.497 e. The summed E-state index contributed by atoms with van der Waals surface area (Å²) in [6, 6.07) is 7.87. The molecule has 0 unspecified atom stereocenters. The van der Waals surface area contributed by atoms with Crippen LogP contribution in [-0.2, 0) is 25.6 Å². The molecule has 0 amide bonds. The zero-order chi connectivity index (χ0) is 17.4. The number of rotatable bonds is 9. The van der Waals surface area contributed by atoms with Gasteiger partial charge in [0.2, 0.25) is 0 Å². The Labute approximate surface area is 144 Å². The smallest absolute Gasteiger partial charge is 0.311 e. The molecule has 0 aromatic heterocycles. The summed E-state index contributed by atoms with van der Waals surface area (Å²) in [5, 5.41) is 0. The van der Waals surface area contributed by atoms with E-state index in [4.69, 9.17) is 18.9 Å². The molecule has 5 nitrogen and oxygen atoms in total. The maximum Gasteiger partial charge on any atom is 0.311 e. The number of methoxy groups -OCH3 is 2. The Bertz CT molecular complexity index is 499. The lowest BCUT2D eigenvalue weighted by molar-refractivity contribution is -0.151. The third kappa shape index (κ3) is 5.21. The molecule has 0 saturated carbocycles. The van der Waals surface area contributed by atoms with Crippen molar-refractivity contribution in [1.82, 2.24) is 0 Å². The topological polar surface area (TPSA) is 54.0 Å². The molecule has 0 bridgehead atoms. The van der Waals surface area contributed by atoms with E-state index in [0.717, 1.165) is 37.0 Å². The van der Waals surface area contributed by atoms with Crippen molar-refractivity contribution in [1.29, 1.82) is 0 Å². The molecule has 1 aromatic carbocycles. The van der Waals surface area contributed by atoms with Gasteiger partial charge in [-0.2, -0.15) is 0 Å². The second kappa shape index (κ2) is 9.64. The Morgan fingerprint density at radius 2 is 2.00 bits per heavy atom. The van der Waals surface area contributed by atoms with E-state index in [1.165, 1.54) is 7.11 Å². The quantitative estimate of drug-likeness (QED) is 0.511. The first-order valence-electron chi connectivity index (χ1n) is 8.61. The number of ether oxygens (including phenoxy) is 4. The van der Waals surface area contributed by atoms with Gasteiger partial charge >= 0.3 is 5.97 Å². The molecule has 0 radical (unpaired) electrons. The molecule has 0 spiro atoms. The van der Waals surface area contributed by atoms with Crippen LogP contribution < -0.4 is 4.74 Å². The summed E-state index contributed by atoms with van der Waals surface area (Å²) in [6.45, 7) is 3.23. The van der Waals surface area contributed by atoms with Crippen molar-refractivity contribution in [3.05, 3.63) is 29.8 Å².